The summed E-state index contributed by atoms with van der Waals surface area (Å²) >= 11 is 0. The molecule has 3 atom stereocenters. The quantitative estimate of drug-likeness (QED) is 0.196. The van der Waals surface area contributed by atoms with E-state index in [0.717, 1.165) is 11.1 Å². The first-order chi connectivity index (χ1) is 20.6. The van der Waals surface area contributed by atoms with Crippen molar-refractivity contribution in [3.8, 4) is 0 Å². The summed E-state index contributed by atoms with van der Waals surface area (Å²) in [7, 11) is 1.27. The van der Waals surface area contributed by atoms with Crippen LogP contribution in [0.2, 0.25) is 0 Å². The Hall–Kier alpha value is -3.94. The number of hydrogen-bond acceptors (Lipinski definition) is 5. The van der Waals surface area contributed by atoms with E-state index in [4.69, 9.17) is 4.74 Å². The van der Waals surface area contributed by atoms with E-state index < -0.39 is 35.9 Å². The summed E-state index contributed by atoms with van der Waals surface area (Å²) in [5, 5.41) is 8.36. The molecule has 0 radical (unpaired) electrons. The summed E-state index contributed by atoms with van der Waals surface area (Å²) in [6.45, 7) is 13.6. The molecular weight excluding hydrogens is 542 g/mol. The number of esters is 1. The first kappa shape index (κ1) is 39.1. The second-order valence-electron chi connectivity index (χ2n) is 10.1. The number of allylic oxidation sites excluding steroid dienone is 2. The molecule has 3 amide bonds. The molecule has 3 N–H and O–H groups in total. The van der Waals surface area contributed by atoms with E-state index in [0.29, 0.717) is 19.3 Å². The molecule has 0 bridgehead atoms. The number of carbonyl (C=O) groups excluding carboxylic acids is 4. The lowest BCUT2D eigenvalue weighted by molar-refractivity contribution is -0.145. The summed E-state index contributed by atoms with van der Waals surface area (Å²) < 4.78 is 4.91. The Bertz CT molecular complexity index is 1080. The highest BCUT2D eigenvalue weighted by atomic mass is 16.5. The van der Waals surface area contributed by atoms with Gasteiger partial charge in [0.25, 0.3) is 0 Å². The van der Waals surface area contributed by atoms with Crippen LogP contribution in [0.3, 0.4) is 0 Å². The Morgan fingerprint density at radius 2 is 1.23 bits per heavy atom. The predicted molar refractivity (Wildman–Crippen MR) is 174 cm³/mol. The van der Waals surface area contributed by atoms with Crippen molar-refractivity contribution in [2.45, 2.75) is 98.7 Å². The number of ether oxygens (including phenoxy) is 1. The highest BCUT2D eigenvalue weighted by molar-refractivity contribution is 5.93. The molecule has 0 aromatic heterocycles. The number of benzene rings is 2. The minimum atomic E-state index is -0.903. The third kappa shape index (κ3) is 16.9. The molecule has 2 rings (SSSR count). The van der Waals surface area contributed by atoms with E-state index in [1.165, 1.54) is 7.11 Å². The van der Waals surface area contributed by atoms with Crippen molar-refractivity contribution in [2.75, 3.05) is 7.11 Å². The summed E-state index contributed by atoms with van der Waals surface area (Å²) in [6, 6.07) is 16.4. The molecule has 0 aliphatic heterocycles. The molecule has 8 heteroatoms. The molecule has 1 unspecified atom stereocenters. The van der Waals surface area contributed by atoms with Crippen molar-refractivity contribution in [1.82, 2.24) is 16.0 Å². The second kappa shape index (κ2) is 23.6. The Labute approximate surface area is 259 Å². The molecule has 0 saturated heterocycles. The molecule has 0 aliphatic rings. The van der Waals surface area contributed by atoms with Gasteiger partial charge in [-0.05, 0) is 50.2 Å². The fourth-order valence-electron chi connectivity index (χ4n) is 3.95. The molecule has 8 nitrogen and oxygen atoms in total. The third-order valence-corrected chi connectivity index (χ3v) is 6.30. The van der Waals surface area contributed by atoms with Crippen LogP contribution in [0.4, 0.5) is 0 Å². The normalized spacial score (nSPS) is 12.4. The van der Waals surface area contributed by atoms with E-state index in [1.807, 2.05) is 114 Å². The molecule has 2 aromatic carbocycles. The van der Waals surface area contributed by atoms with Gasteiger partial charge in [-0.25, -0.2) is 4.79 Å². The van der Waals surface area contributed by atoms with Crippen LogP contribution >= 0.6 is 0 Å². The average Bonchev–Trinajstić information content (AvgIpc) is 3.03. The van der Waals surface area contributed by atoms with Crippen molar-refractivity contribution in [2.24, 2.45) is 5.92 Å². The minimum Gasteiger partial charge on any atom is -0.467 e. The number of nitrogens with one attached hydrogen (secondary N) is 3. The van der Waals surface area contributed by atoms with E-state index in [2.05, 4.69) is 16.0 Å². The fourth-order valence-corrected chi connectivity index (χ4v) is 3.95. The largest absolute Gasteiger partial charge is 0.467 e. The maximum atomic E-state index is 13.3. The SMILES string of the molecule is C/C=C\C.CC.CCC(=O)N[C@@H](CCc1ccccc1)C(=O)NC(CC(C)C)C(=O)N[C@@H](Cc1ccccc1)C(=O)OC. The van der Waals surface area contributed by atoms with Crippen LogP contribution in [0, 0.1) is 5.92 Å². The average molecular weight is 596 g/mol. The van der Waals surface area contributed by atoms with E-state index in [9.17, 15) is 19.2 Å². The Kier molecular flexibility index (Phi) is 21.4. The van der Waals surface area contributed by atoms with Gasteiger partial charge in [-0.3, -0.25) is 14.4 Å². The molecule has 0 aliphatic carbocycles. The van der Waals surface area contributed by atoms with Gasteiger partial charge in [-0.1, -0.05) is 107 Å². The third-order valence-electron chi connectivity index (χ3n) is 6.30. The number of carbonyl (C=O) groups is 4. The van der Waals surface area contributed by atoms with Crippen LogP contribution in [0.5, 0.6) is 0 Å². The number of aryl methyl sites for hydroxylation is 1. The van der Waals surface area contributed by atoms with Crippen molar-refractivity contribution < 1.29 is 23.9 Å². The Balaban J connectivity index is 0.00000270. The van der Waals surface area contributed by atoms with Crippen LogP contribution in [0.15, 0.2) is 72.8 Å². The van der Waals surface area contributed by atoms with Gasteiger partial charge >= 0.3 is 5.97 Å². The molecule has 0 saturated carbocycles. The van der Waals surface area contributed by atoms with Crippen molar-refractivity contribution in [3.05, 3.63) is 83.9 Å². The van der Waals surface area contributed by atoms with Crippen LogP contribution in [0.1, 0.15) is 78.9 Å². The topological polar surface area (TPSA) is 114 Å². The predicted octanol–water partition coefficient (Wildman–Crippen LogP) is 5.55. The molecule has 43 heavy (non-hydrogen) atoms. The zero-order valence-corrected chi connectivity index (χ0v) is 27.3. The van der Waals surface area contributed by atoms with Crippen LogP contribution in [-0.4, -0.2) is 48.9 Å². The van der Waals surface area contributed by atoms with Gasteiger partial charge in [0.1, 0.15) is 18.1 Å². The van der Waals surface area contributed by atoms with E-state index in [-0.39, 0.29) is 24.7 Å². The molecule has 238 valence electrons. The van der Waals surface area contributed by atoms with Gasteiger partial charge in [0.15, 0.2) is 0 Å². The summed E-state index contributed by atoms with van der Waals surface area (Å²) in [5.74, 6) is -1.63. The van der Waals surface area contributed by atoms with Crippen molar-refractivity contribution >= 4 is 23.7 Å². The van der Waals surface area contributed by atoms with Crippen molar-refractivity contribution in [1.29, 1.82) is 0 Å². The maximum absolute atomic E-state index is 13.3. The zero-order valence-electron chi connectivity index (χ0n) is 27.3. The molecule has 0 spiro atoms. The first-order valence-electron chi connectivity index (χ1n) is 15.3. The van der Waals surface area contributed by atoms with Crippen LogP contribution < -0.4 is 16.0 Å². The number of methoxy groups -OCH3 is 1. The standard InChI is InChI=1S/C29H39N3O5.C4H8.C2H6/c1-5-26(33)30-23(17-16-21-12-8-6-9-13-21)27(34)31-24(18-20(2)3)28(35)32-25(29(36)37-4)19-22-14-10-7-11-15-22;1-3-4-2;1-2/h6-15,20,23-25H,5,16-19H2,1-4H3,(H,30,33)(H,31,34)(H,32,35);3-4H,1-2H3;1-2H3/b;4-3-;/t23-,24?,25-;;/m0../s1. The lowest BCUT2D eigenvalue weighted by Crippen LogP contribution is -2.56. The van der Waals surface area contributed by atoms with Gasteiger partial charge in [0.05, 0.1) is 7.11 Å². The van der Waals surface area contributed by atoms with E-state index >= 15 is 0 Å². The number of hydrogen-bond donors (Lipinski definition) is 3. The summed E-state index contributed by atoms with van der Waals surface area (Å²) in [6.07, 6.45) is 5.84. The summed E-state index contributed by atoms with van der Waals surface area (Å²) in [5.41, 5.74) is 1.91. The fraction of sp³-hybridized carbons (Fsp3) is 0.486. The van der Waals surface area contributed by atoms with Crippen LogP contribution in [-0.2, 0) is 36.8 Å². The number of amides is 3. The van der Waals surface area contributed by atoms with E-state index in [1.54, 1.807) is 6.92 Å². The molecular formula is C35H53N3O5. The van der Waals surface area contributed by atoms with Gasteiger partial charge in [0, 0.05) is 12.8 Å². The lowest BCUT2D eigenvalue weighted by Gasteiger charge is -2.26. The monoisotopic (exact) mass is 595 g/mol. The highest BCUT2D eigenvalue weighted by Crippen LogP contribution is 2.11. The van der Waals surface area contributed by atoms with Gasteiger partial charge < -0.3 is 20.7 Å². The van der Waals surface area contributed by atoms with Crippen LogP contribution in [0.25, 0.3) is 0 Å². The maximum Gasteiger partial charge on any atom is 0.328 e. The zero-order chi connectivity index (χ0) is 32.6. The molecule has 2 aromatic rings. The highest BCUT2D eigenvalue weighted by Gasteiger charge is 2.30. The van der Waals surface area contributed by atoms with Gasteiger partial charge in [0.2, 0.25) is 17.7 Å². The van der Waals surface area contributed by atoms with Gasteiger partial charge in [-0.15, -0.1) is 0 Å². The minimum absolute atomic E-state index is 0.0924. The molecule has 0 fully saturated rings. The Morgan fingerprint density at radius 1 is 0.744 bits per heavy atom. The van der Waals surface area contributed by atoms with Gasteiger partial charge in [-0.2, -0.15) is 0 Å². The second-order valence-corrected chi connectivity index (χ2v) is 10.1. The lowest BCUT2D eigenvalue weighted by atomic mass is 10.00. The Morgan fingerprint density at radius 3 is 1.70 bits per heavy atom. The van der Waals surface area contributed by atoms with Crippen molar-refractivity contribution in [3.63, 3.8) is 0 Å². The smallest absolute Gasteiger partial charge is 0.328 e. The number of rotatable bonds is 14. The summed E-state index contributed by atoms with van der Waals surface area (Å²) in [4.78, 5) is 51.1. The first-order valence-corrected chi connectivity index (χ1v) is 15.3. The molecule has 0 heterocycles.